The molecule has 1 fully saturated rings. The van der Waals surface area contributed by atoms with Crippen LogP contribution in [-0.4, -0.2) is 23.7 Å². The van der Waals surface area contributed by atoms with Crippen LogP contribution in [0.1, 0.15) is 45.6 Å². The van der Waals surface area contributed by atoms with Crippen LogP contribution >= 0.6 is 0 Å². The van der Waals surface area contributed by atoms with E-state index >= 15 is 0 Å². The molecule has 0 N–H and O–H groups in total. The number of esters is 1. The average Bonchev–Trinajstić information content (AvgIpc) is 2.48. The van der Waals surface area contributed by atoms with E-state index in [1.807, 2.05) is 12.1 Å². The number of pyridine rings is 1. The molecule has 122 valence electrons. The third-order valence-electron chi connectivity index (χ3n) is 4.46. The first-order valence-corrected chi connectivity index (χ1v) is 8.22. The highest BCUT2D eigenvalue weighted by atomic mass is 16.6. The van der Waals surface area contributed by atoms with Gasteiger partial charge in [0.05, 0.1) is 6.61 Å². The topological polar surface area (TPSA) is 48.4 Å². The van der Waals surface area contributed by atoms with Gasteiger partial charge in [0, 0.05) is 12.4 Å². The van der Waals surface area contributed by atoms with E-state index in [0.29, 0.717) is 24.4 Å². The number of carbonyl (C=O) groups is 1. The minimum atomic E-state index is -0.256. The molecule has 0 bridgehead atoms. The molecule has 0 amide bonds. The van der Waals surface area contributed by atoms with Gasteiger partial charge in [-0.05, 0) is 42.2 Å². The lowest BCUT2D eigenvalue weighted by Crippen LogP contribution is -2.36. The van der Waals surface area contributed by atoms with Crippen LogP contribution in [0.2, 0.25) is 0 Å². The number of nitrogens with zero attached hydrogens (tertiary/aromatic N) is 1. The lowest BCUT2D eigenvalue weighted by Gasteiger charge is -2.36. The normalized spacial score (nSPS) is 25.2. The van der Waals surface area contributed by atoms with Crippen molar-refractivity contribution in [2.24, 2.45) is 17.8 Å². The molecular weight excluding hydrogens is 278 g/mol. The van der Waals surface area contributed by atoms with Gasteiger partial charge in [-0.15, -0.1) is 0 Å². The summed E-state index contributed by atoms with van der Waals surface area (Å²) in [4.78, 5) is 16.0. The molecule has 4 heteroatoms. The highest BCUT2D eigenvalue weighted by Crippen LogP contribution is 2.35. The average molecular weight is 305 g/mol. The van der Waals surface area contributed by atoms with E-state index in [2.05, 4.69) is 25.8 Å². The fourth-order valence-corrected chi connectivity index (χ4v) is 3.19. The van der Waals surface area contributed by atoms with Gasteiger partial charge in [-0.3, -0.25) is 4.98 Å². The SMILES string of the molecule is CC(C)[C@@H]1CC[C@@H](C)C[C@H]1OC(=O)COCc1cccnc1. The fraction of sp³-hybridized carbons (Fsp3) is 0.667. The largest absolute Gasteiger partial charge is 0.460 e. The van der Waals surface area contributed by atoms with Crippen molar-refractivity contribution in [3.63, 3.8) is 0 Å². The van der Waals surface area contributed by atoms with Crippen LogP contribution in [0.5, 0.6) is 0 Å². The summed E-state index contributed by atoms with van der Waals surface area (Å²) < 4.78 is 11.1. The second-order valence-corrected chi connectivity index (χ2v) is 6.71. The Morgan fingerprint density at radius 3 is 2.91 bits per heavy atom. The minimum absolute atomic E-state index is 0.00455. The van der Waals surface area contributed by atoms with Crippen LogP contribution < -0.4 is 0 Å². The Bertz CT molecular complexity index is 461. The number of rotatable bonds is 6. The molecule has 1 aliphatic rings. The zero-order valence-corrected chi connectivity index (χ0v) is 13.8. The van der Waals surface area contributed by atoms with Crippen molar-refractivity contribution >= 4 is 5.97 Å². The smallest absolute Gasteiger partial charge is 0.332 e. The third-order valence-corrected chi connectivity index (χ3v) is 4.46. The van der Waals surface area contributed by atoms with E-state index in [0.717, 1.165) is 18.4 Å². The Morgan fingerprint density at radius 2 is 2.23 bits per heavy atom. The predicted octanol–water partition coefficient (Wildman–Crippen LogP) is 3.60. The number of hydrogen-bond donors (Lipinski definition) is 0. The molecule has 1 aromatic heterocycles. The van der Waals surface area contributed by atoms with Gasteiger partial charge in [0.25, 0.3) is 0 Å². The monoisotopic (exact) mass is 305 g/mol. The van der Waals surface area contributed by atoms with Crippen molar-refractivity contribution in [1.29, 1.82) is 0 Å². The van der Waals surface area contributed by atoms with Crippen LogP contribution in [0.4, 0.5) is 0 Å². The lowest BCUT2D eigenvalue weighted by atomic mass is 9.75. The van der Waals surface area contributed by atoms with E-state index in [1.165, 1.54) is 6.42 Å². The van der Waals surface area contributed by atoms with Crippen molar-refractivity contribution < 1.29 is 14.3 Å². The van der Waals surface area contributed by atoms with E-state index in [9.17, 15) is 4.79 Å². The second kappa shape index (κ2) is 8.28. The maximum Gasteiger partial charge on any atom is 0.332 e. The fourth-order valence-electron chi connectivity index (χ4n) is 3.19. The van der Waals surface area contributed by atoms with E-state index in [1.54, 1.807) is 12.4 Å². The van der Waals surface area contributed by atoms with E-state index < -0.39 is 0 Å². The van der Waals surface area contributed by atoms with Gasteiger partial charge < -0.3 is 9.47 Å². The molecule has 0 saturated heterocycles. The van der Waals surface area contributed by atoms with Crippen LogP contribution in [0.3, 0.4) is 0 Å². The van der Waals surface area contributed by atoms with Crippen molar-refractivity contribution in [3.8, 4) is 0 Å². The molecule has 1 saturated carbocycles. The quantitative estimate of drug-likeness (QED) is 0.753. The molecule has 1 heterocycles. The second-order valence-electron chi connectivity index (χ2n) is 6.71. The van der Waals surface area contributed by atoms with Crippen LogP contribution in [0.15, 0.2) is 24.5 Å². The predicted molar refractivity (Wildman–Crippen MR) is 85.1 cm³/mol. The van der Waals surface area contributed by atoms with Gasteiger partial charge in [-0.2, -0.15) is 0 Å². The number of aromatic nitrogens is 1. The molecular formula is C18H27NO3. The number of ether oxygens (including phenoxy) is 2. The zero-order valence-electron chi connectivity index (χ0n) is 13.8. The van der Waals surface area contributed by atoms with Gasteiger partial charge in [0.2, 0.25) is 0 Å². The van der Waals surface area contributed by atoms with Gasteiger partial charge in [0.15, 0.2) is 0 Å². The van der Waals surface area contributed by atoms with E-state index in [4.69, 9.17) is 9.47 Å². The molecule has 22 heavy (non-hydrogen) atoms. The van der Waals surface area contributed by atoms with Gasteiger partial charge in [-0.1, -0.05) is 33.3 Å². The molecule has 0 spiro atoms. The first kappa shape index (κ1) is 16.9. The van der Waals surface area contributed by atoms with Crippen molar-refractivity contribution in [1.82, 2.24) is 4.98 Å². The number of hydrogen-bond acceptors (Lipinski definition) is 4. The molecule has 1 aromatic rings. The molecule has 2 rings (SSSR count). The van der Waals surface area contributed by atoms with Crippen molar-refractivity contribution in [2.75, 3.05) is 6.61 Å². The van der Waals surface area contributed by atoms with Gasteiger partial charge in [0.1, 0.15) is 12.7 Å². The van der Waals surface area contributed by atoms with Gasteiger partial charge in [-0.25, -0.2) is 4.79 Å². The summed E-state index contributed by atoms with van der Waals surface area (Å²) in [5.41, 5.74) is 0.960. The maximum atomic E-state index is 12.0. The summed E-state index contributed by atoms with van der Waals surface area (Å²) in [6, 6.07) is 3.78. The van der Waals surface area contributed by atoms with Crippen LogP contribution in [0.25, 0.3) is 0 Å². The highest BCUT2D eigenvalue weighted by molar-refractivity contribution is 5.70. The minimum Gasteiger partial charge on any atom is -0.460 e. The Labute approximate surface area is 133 Å². The molecule has 1 aliphatic carbocycles. The summed E-state index contributed by atoms with van der Waals surface area (Å²) >= 11 is 0. The molecule has 0 aliphatic heterocycles. The molecule has 0 radical (unpaired) electrons. The van der Waals surface area contributed by atoms with Crippen LogP contribution in [-0.2, 0) is 20.9 Å². The summed E-state index contributed by atoms with van der Waals surface area (Å²) in [5.74, 6) is 1.39. The first-order chi connectivity index (χ1) is 10.6. The standard InChI is InChI=1S/C18H27NO3/c1-13(2)16-7-6-14(3)9-17(16)22-18(20)12-21-11-15-5-4-8-19-10-15/h4-5,8,10,13-14,16-17H,6-7,9,11-12H2,1-3H3/t14-,16+,17-/m1/s1. The Morgan fingerprint density at radius 1 is 1.41 bits per heavy atom. The molecule has 0 unspecified atom stereocenters. The molecule has 3 atom stereocenters. The third kappa shape index (κ3) is 5.09. The Balaban J connectivity index is 1.77. The number of carbonyl (C=O) groups excluding carboxylic acids is 1. The maximum absolute atomic E-state index is 12.0. The summed E-state index contributed by atoms with van der Waals surface area (Å²) in [6.45, 7) is 7.04. The van der Waals surface area contributed by atoms with Crippen molar-refractivity contribution in [3.05, 3.63) is 30.1 Å². The first-order valence-electron chi connectivity index (χ1n) is 8.22. The lowest BCUT2D eigenvalue weighted by molar-refractivity contribution is -0.161. The highest BCUT2D eigenvalue weighted by Gasteiger charge is 2.33. The van der Waals surface area contributed by atoms with E-state index in [-0.39, 0.29) is 18.7 Å². The van der Waals surface area contributed by atoms with Gasteiger partial charge >= 0.3 is 5.97 Å². The summed E-state index contributed by atoms with van der Waals surface area (Å²) in [7, 11) is 0. The Hall–Kier alpha value is -1.42. The van der Waals surface area contributed by atoms with Crippen molar-refractivity contribution in [2.45, 2.75) is 52.7 Å². The molecule has 4 nitrogen and oxygen atoms in total. The summed E-state index contributed by atoms with van der Waals surface area (Å²) in [5, 5.41) is 0. The van der Waals surface area contributed by atoms with Crippen LogP contribution in [0, 0.1) is 17.8 Å². The zero-order chi connectivity index (χ0) is 15.9. The summed E-state index contributed by atoms with van der Waals surface area (Å²) in [6.07, 6.45) is 6.84. The Kier molecular flexibility index (Phi) is 6.37. The molecule has 0 aromatic carbocycles.